The first-order valence-electron chi connectivity index (χ1n) is 4.87. The van der Waals surface area contributed by atoms with Gasteiger partial charge in [0.05, 0.1) is 6.10 Å². The van der Waals surface area contributed by atoms with Gasteiger partial charge in [0.1, 0.15) is 6.20 Å². The lowest BCUT2D eigenvalue weighted by Gasteiger charge is -2.07. The fourth-order valence-corrected chi connectivity index (χ4v) is 0.948. The molecule has 0 bridgehead atoms. The summed E-state index contributed by atoms with van der Waals surface area (Å²) in [4.78, 5) is 11.3. The molecule has 0 spiro atoms. The Morgan fingerprint density at radius 1 is 1.67 bits per heavy atom. The minimum atomic E-state index is -0.277. The van der Waals surface area contributed by atoms with Gasteiger partial charge in [0, 0.05) is 13.2 Å². The molecule has 0 unspecified atom stereocenters. The molecule has 0 atom stereocenters. The van der Waals surface area contributed by atoms with Crippen LogP contribution in [0, 0.1) is 0 Å². The van der Waals surface area contributed by atoms with E-state index in [9.17, 15) is 4.79 Å². The topological polar surface area (TPSA) is 77.2 Å². The van der Waals surface area contributed by atoms with E-state index in [-0.39, 0.29) is 17.7 Å². The van der Waals surface area contributed by atoms with Crippen LogP contribution in [0.3, 0.4) is 0 Å². The van der Waals surface area contributed by atoms with Gasteiger partial charge in [0.15, 0.2) is 5.69 Å². The zero-order valence-electron chi connectivity index (χ0n) is 8.90. The number of carbonyl (C=O) groups excluding carboxylic acids is 1. The molecule has 0 aliphatic carbocycles. The van der Waals surface area contributed by atoms with Gasteiger partial charge in [-0.2, -0.15) is 0 Å². The Morgan fingerprint density at radius 3 is 3.07 bits per heavy atom. The van der Waals surface area contributed by atoms with Crippen LogP contribution in [0.25, 0.3) is 0 Å². The van der Waals surface area contributed by atoms with E-state index in [4.69, 9.17) is 4.74 Å². The van der Waals surface area contributed by atoms with Crippen molar-refractivity contribution in [2.24, 2.45) is 0 Å². The lowest BCUT2D eigenvalue weighted by molar-refractivity contribution is 0.0756. The number of hydrogen-bond donors (Lipinski definition) is 1. The minimum absolute atomic E-state index is 0.194. The molecule has 0 radical (unpaired) electrons. The zero-order valence-corrected chi connectivity index (χ0v) is 8.90. The highest BCUT2D eigenvalue weighted by atomic mass is 16.6. The molecule has 0 aliphatic rings. The number of ether oxygens (including phenoxy) is 1. The highest BCUT2D eigenvalue weighted by Gasteiger charge is 2.08. The third kappa shape index (κ3) is 4.55. The number of hydrogen-bond acceptors (Lipinski definition) is 5. The number of nitrogens with zero attached hydrogens (tertiary/aromatic N) is 2. The van der Waals surface area contributed by atoms with Gasteiger partial charge in [-0.25, -0.2) is 4.63 Å². The molecule has 1 aromatic heterocycles. The number of carbonyl (C=O) groups is 1. The zero-order chi connectivity index (χ0) is 11.1. The van der Waals surface area contributed by atoms with Gasteiger partial charge < -0.3 is 10.1 Å². The van der Waals surface area contributed by atoms with Gasteiger partial charge in [-0.05, 0) is 25.4 Å². The van der Waals surface area contributed by atoms with E-state index < -0.39 is 0 Å². The second kappa shape index (κ2) is 6.13. The van der Waals surface area contributed by atoms with Crippen molar-refractivity contribution in [3.8, 4) is 0 Å². The van der Waals surface area contributed by atoms with Crippen LogP contribution >= 0.6 is 0 Å². The van der Waals surface area contributed by atoms with Gasteiger partial charge in [-0.3, -0.25) is 4.79 Å². The molecule has 1 rings (SSSR count). The summed E-state index contributed by atoms with van der Waals surface area (Å²) in [5.74, 6) is -0.277. The Hall–Kier alpha value is -1.43. The summed E-state index contributed by atoms with van der Waals surface area (Å²) in [6.07, 6.45) is 2.27. The van der Waals surface area contributed by atoms with E-state index in [0.717, 1.165) is 6.42 Å². The maximum absolute atomic E-state index is 11.3. The predicted molar refractivity (Wildman–Crippen MR) is 52.3 cm³/mol. The van der Waals surface area contributed by atoms with Crippen molar-refractivity contribution < 1.29 is 14.2 Å². The SMILES string of the molecule is CC(C)OCCCNC(=O)c1cnon1. The third-order valence-electron chi connectivity index (χ3n) is 1.65. The van der Waals surface area contributed by atoms with Crippen molar-refractivity contribution in [3.05, 3.63) is 11.9 Å². The molecular formula is C9H15N3O3. The maximum atomic E-state index is 11.3. The number of rotatable bonds is 6. The number of amides is 1. The van der Waals surface area contributed by atoms with Crippen LogP contribution in [-0.2, 0) is 4.74 Å². The van der Waals surface area contributed by atoms with Gasteiger partial charge in [-0.1, -0.05) is 5.16 Å². The summed E-state index contributed by atoms with van der Waals surface area (Å²) >= 11 is 0. The Bertz CT molecular complexity index is 285. The second-order valence-corrected chi connectivity index (χ2v) is 3.32. The van der Waals surface area contributed by atoms with E-state index in [1.807, 2.05) is 13.8 Å². The smallest absolute Gasteiger partial charge is 0.275 e. The molecule has 84 valence electrons. The molecule has 6 heteroatoms. The highest BCUT2D eigenvalue weighted by molar-refractivity contribution is 5.91. The third-order valence-corrected chi connectivity index (χ3v) is 1.65. The molecule has 0 fully saturated rings. The summed E-state index contributed by atoms with van der Waals surface area (Å²) in [6, 6.07) is 0. The van der Waals surface area contributed by atoms with Crippen LogP contribution in [0.15, 0.2) is 10.8 Å². The highest BCUT2D eigenvalue weighted by Crippen LogP contribution is 1.92. The molecule has 0 saturated carbocycles. The van der Waals surface area contributed by atoms with E-state index in [1.165, 1.54) is 6.20 Å². The Labute approximate surface area is 87.9 Å². The Morgan fingerprint density at radius 2 is 2.47 bits per heavy atom. The molecular weight excluding hydrogens is 198 g/mol. The lowest BCUT2D eigenvalue weighted by Crippen LogP contribution is -2.25. The molecule has 1 aromatic rings. The summed E-state index contributed by atoms with van der Waals surface area (Å²) in [6.45, 7) is 5.13. The van der Waals surface area contributed by atoms with Crippen molar-refractivity contribution >= 4 is 5.91 Å². The molecule has 1 amide bonds. The minimum Gasteiger partial charge on any atom is -0.379 e. The van der Waals surface area contributed by atoms with Gasteiger partial charge in [0.25, 0.3) is 5.91 Å². The fraction of sp³-hybridized carbons (Fsp3) is 0.667. The predicted octanol–water partition coefficient (Wildman–Crippen LogP) is 0.614. The monoisotopic (exact) mass is 213 g/mol. The first-order valence-corrected chi connectivity index (χ1v) is 4.87. The van der Waals surface area contributed by atoms with Crippen molar-refractivity contribution in [1.82, 2.24) is 15.6 Å². The number of nitrogens with one attached hydrogen (secondary N) is 1. The van der Waals surface area contributed by atoms with Crippen LogP contribution in [0.1, 0.15) is 30.8 Å². The summed E-state index contributed by atoms with van der Waals surface area (Å²) in [5.41, 5.74) is 0.194. The van der Waals surface area contributed by atoms with E-state index >= 15 is 0 Å². The van der Waals surface area contributed by atoms with Crippen LogP contribution < -0.4 is 5.32 Å². The van der Waals surface area contributed by atoms with Crippen LogP contribution in [0.4, 0.5) is 0 Å². The van der Waals surface area contributed by atoms with Crippen molar-refractivity contribution in [1.29, 1.82) is 0 Å². The van der Waals surface area contributed by atoms with Gasteiger partial charge >= 0.3 is 0 Å². The molecule has 0 saturated heterocycles. The Balaban J connectivity index is 2.08. The molecule has 0 aliphatic heterocycles. The van der Waals surface area contributed by atoms with E-state index in [0.29, 0.717) is 13.2 Å². The van der Waals surface area contributed by atoms with Crippen molar-refractivity contribution in [3.63, 3.8) is 0 Å². The van der Waals surface area contributed by atoms with Crippen molar-refractivity contribution in [2.75, 3.05) is 13.2 Å². The molecule has 6 nitrogen and oxygen atoms in total. The Kier molecular flexibility index (Phi) is 4.76. The van der Waals surface area contributed by atoms with Gasteiger partial charge in [-0.15, -0.1) is 0 Å². The van der Waals surface area contributed by atoms with E-state index in [2.05, 4.69) is 20.3 Å². The molecule has 1 N–H and O–H groups in total. The van der Waals surface area contributed by atoms with Crippen LogP contribution in [0.5, 0.6) is 0 Å². The first-order chi connectivity index (χ1) is 7.20. The molecule has 1 heterocycles. The standard InChI is InChI=1S/C9H15N3O3/c1-7(2)14-5-3-4-10-9(13)8-6-11-15-12-8/h6-7H,3-5H2,1-2H3,(H,10,13). The summed E-state index contributed by atoms with van der Waals surface area (Å²) < 4.78 is 9.63. The summed E-state index contributed by atoms with van der Waals surface area (Å²) in [5, 5.41) is 9.43. The molecule has 15 heavy (non-hydrogen) atoms. The van der Waals surface area contributed by atoms with Crippen LogP contribution in [0.2, 0.25) is 0 Å². The lowest BCUT2D eigenvalue weighted by atomic mass is 10.4. The maximum Gasteiger partial charge on any atom is 0.275 e. The fourth-order valence-electron chi connectivity index (χ4n) is 0.948. The van der Waals surface area contributed by atoms with Crippen LogP contribution in [-0.4, -0.2) is 35.5 Å². The molecule has 0 aromatic carbocycles. The average molecular weight is 213 g/mol. The summed E-state index contributed by atoms with van der Waals surface area (Å²) in [7, 11) is 0. The average Bonchev–Trinajstić information content (AvgIpc) is 2.69. The normalized spacial score (nSPS) is 10.6. The van der Waals surface area contributed by atoms with E-state index in [1.54, 1.807) is 0 Å². The first kappa shape index (κ1) is 11.6. The quantitative estimate of drug-likeness (QED) is 0.701. The second-order valence-electron chi connectivity index (χ2n) is 3.32. The largest absolute Gasteiger partial charge is 0.379 e. The van der Waals surface area contributed by atoms with Gasteiger partial charge in [0.2, 0.25) is 0 Å². The number of aromatic nitrogens is 2. The van der Waals surface area contributed by atoms with Crippen molar-refractivity contribution in [2.45, 2.75) is 26.4 Å².